The monoisotopic (exact) mass is 190 g/mol. The molecular weight excluding hydrogens is 176 g/mol. The number of aromatic nitrogens is 2. The smallest absolute Gasteiger partial charge is 0.143 e. The molecule has 0 bridgehead atoms. The van der Waals surface area contributed by atoms with Gasteiger partial charge in [-0.2, -0.15) is 0 Å². The Morgan fingerprint density at radius 2 is 2.00 bits per heavy atom. The number of fused-ring (bicyclic) bond motifs is 1. The van der Waals surface area contributed by atoms with Crippen molar-refractivity contribution in [2.75, 3.05) is 5.84 Å². The van der Waals surface area contributed by atoms with Crippen molar-refractivity contribution in [1.29, 1.82) is 5.41 Å². The van der Waals surface area contributed by atoms with Crippen LogP contribution in [-0.2, 0) is 0 Å². The van der Waals surface area contributed by atoms with Crippen molar-refractivity contribution >= 4 is 11.0 Å². The summed E-state index contributed by atoms with van der Waals surface area (Å²) in [6, 6.07) is 7.03. The van der Waals surface area contributed by atoms with Gasteiger partial charge < -0.3 is 5.84 Å². The van der Waals surface area contributed by atoms with Crippen LogP contribution in [0, 0.1) is 5.41 Å². The van der Waals surface area contributed by atoms with Gasteiger partial charge in [-0.15, -0.1) is 0 Å². The molecule has 3 N–H and O–H groups in total. The molecule has 0 amide bonds. The van der Waals surface area contributed by atoms with E-state index in [0.717, 1.165) is 11.0 Å². The van der Waals surface area contributed by atoms with Gasteiger partial charge in [0.25, 0.3) is 0 Å². The minimum atomic E-state index is 0.274. The lowest BCUT2D eigenvalue weighted by Crippen LogP contribution is -2.26. The molecule has 0 aromatic carbocycles. The standard InChI is InChI=1S/C8H8N4.C2H6/c9-8-4-3-6-7(12(8)10)2-1-5-11-6;1-2/h1-5,9H,10H2;1-2H3. The lowest BCUT2D eigenvalue weighted by atomic mass is 10.3. The lowest BCUT2D eigenvalue weighted by molar-refractivity contribution is 0.919. The second kappa shape index (κ2) is 4.41. The molecule has 0 unspecified atom stereocenters. The number of nitrogens with two attached hydrogens (primary N) is 1. The molecule has 0 aliphatic rings. The highest BCUT2D eigenvalue weighted by Crippen LogP contribution is 2.04. The van der Waals surface area contributed by atoms with E-state index in [2.05, 4.69) is 4.98 Å². The molecule has 0 radical (unpaired) electrons. The molecule has 4 nitrogen and oxygen atoms in total. The van der Waals surface area contributed by atoms with Gasteiger partial charge >= 0.3 is 0 Å². The maximum absolute atomic E-state index is 7.41. The topological polar surface area (TPSA) is 67.7 Å². The Morgan fingerprint density at radius 1 is 1.29 bits per heavy atom. The summed E-state index contributed by atoms with van der Waals surface area (Å²) in [5.41, 5.74) is 1.84. The van der Waals surface area contributed by atoms with Crippen LogP contribution in [0.4, 0.5) is 0 Å². The van der Waals surface area contributed by atoms with Crippen LogP contribution in [0.1, 0.15) is 13.8 Å². The van der Waals surface area contributed by atoms with Crippen LogP contribution < -0.4 is 11.3 Å². The lowest BCUT2D eigenvalue weighted by Gasteiger charge is -2.02. The van der Waals surface area contributed by atoms with Crippen molar-refractivity contribution in [2.24, 2.45) is 0 Å². The molecule has 0 saturated carbocycles. The quantitative estimate of drug-likeness (QED) is 0.614. The number of nitrogens with zero attached hydrogens (tertiary/aromatic N) is 2. The molecule has 2 rings (SSSR count). The molecule has 0 aliphatic heterocycles. The SMILES string of the molecule is CC.N=c1ccc2ncccc2n1N. The van der Waals surface area contributed by atoms with Crippen LogP contribution in [0.5, 0.6) is 0 Å². The molecule has 0 saturated heterocycles. The highest BCUT2D eigenvalue weighted by atomic mass is 15.3. The third kappa shape index (κ3) is 1.74. The first-order chi connectivity index (χ1) is 6.79. The van der Waals surface area contributed by atoms with Crippen LogP contribution >= 0.6 is 0 Å². The molecule has 14 heavy (non-hydrogen) atoms. The minimum absolute atomic E-state index is 0.274. The Labute approximate surface area is 82.5 Å². The van der Waals surface area contributed by atoms with Gasteiger partial charge in [0.2, 0.25) is 0 Å². The van der Waals surface area contributed by atoms with Crippen LogP contribution in [0.25, 0.3) is 11.0 Å². The summed E-state index contributed by atoms with van der Waals surface area (Å²) in [5.74, 6) is 5.61. The van der Waals surface area contributed by atoms with Crippen LogP contribution in [0.3, 0.4) is 0 Å². The molecule has 0 spiro atoms. The molecule has 2 aromatic rings. The number of hydrogen-bond donors (Lipinski definition) is 2. The molecule has 2 heterocycles. The zero-order chi connectivity index (χ0) is 10.6. The summed E-state index contributed by atoms with van der Waals surface area (Å²) < 4.78 is 1.31. The molecular formula is C10H14N4. The summed E-state index contributed by atoms with van der Waals surface area (Å²) in [6.45, 7) is 4.00. The predicted octanol–water partition coefficient (Wildman–Crippen LogP) is 1.26. The fourth-order valence-electron chi connectivity index (χ4n) is 1.11. The van der Waals surface area contributed by atoms with Crippen LogP contribution in [0.2, 0.25) is 0 Å². The second-order valence-electron chi connectivity index (χ2n) is 2.50. The highest BCUT2D eigenvalue weighted by Gasteiger charge is 1.95. The van der Waals surface area contributed by atoms with E-state index in [-0.39, 0.29) is 5.49 Å². The largest absolute Gasteiger partial charge is 0.337 e. The van der Waals surface area contributed by atoms with E-state index >= 15 is 0 Å². The minimum Gasteiger partial charge on any atom is -0.337 e. The first-order valence-electron chi connectivity index (χ1n) is 4.55. The molecule has 0 aliphatic carbocycles. The second-order valence-corrected chi connectivity index (χ2v) is 2.50. The van der Waals surface area contributed by atoms with Gasteiger partial charge in [-0.3, -0.25) is 10.4 Å². The van der Waals surface area contributed by atoms with Crippen molar-refractivity contribution in [3.63, 3.8) is 0 Å². The molecule has 2 aromatic heterocycles. The summed E-state index contributed by atoms with van der Waals surface area (Å²) in [7, 11) is 0. The van der Waals surface area contributed by atoms with Gasteiger partial charge in [0.15, 0.2) is 0 Å². The third-order valence-corrected chi connectivity index (χ3v) is 1.73. The van der Waals surface area contributed by atoms with Crippen LogP contribution in [0.15, 0.2) is 30.5 Å². The number of pyridine rings is 2. The number of nitrogen functional groups attached to an aromatic ring is 1. The molecule has 4 heteroatoms. The maximum atomic E-state index is 7.41. The summed E-state index contributed by atoms with van der Waals surface area (Å²) >= 11 is 0. The zero-order valence-corrected chi connectivity index (χ0v) is 8.36. The summed E-state index contributed by atoms with van der Waals surface area (Å²) in [6.07, 6.45) is 1.70. The summed E-state index contributed by atoms with van der Waals surface area (Å²) in [5, 5.41) is 7.41. The molecule has 74 valence electrons. The van der Waals surface area contributed by atoms with Crippen molar-refractivity contribution in [2.45, 2.75) is 13.8 Å². The number of hydrogen-bond acceptors (Lipinski definition) is 3. The van der Waals surface area contributed by atoms with Crippen molar-refractivity contribution in [3.05, 3.63) is 36.0 Å². The highest BCUT2D eigenvalue weighted by molar-refractivity contribution is 5.73. The Balaban J connectivity index is 0.000000461. The van der Waals surface area contributed by atoms with Crippen molar-refractivity contribution < 1.29 is 0 Å². The molecule has 0 atom stereocenters. The van der Waals surface area contributed by atoms with Gasteiger partial charge in [-0.1, -0.05) is 13.8 Å². The van der Waals surface area contributed by atoms with E-state index in [1.165, 1.54) is 4.68 Å². The Morgan fingerprint density at radius 3 is 2.71 bits per heavy atom. The van der Waals surface area contributed by atoms with E-state index in [9.17, 15) is 0 Å². The maximum Gasteiger partial charge on any atom is 0.143 e. The van der Waals surface area contributed by atoms with E-state index < -0.39 is 0 Å². The van der Waals surface area contributed by atoms with Gasteiger partial charge in [0.05, 0.1) is 11.0 Å². The normalized spacial score (nSPS) is 9.29. The van der Waals surface area contributed by atoms with Gasteiger partial charge in [-0.05, 0) is 24.3 Å². The Kier molecular flexibility index (Phi) is 3.23. The van der Waals surface area contributed by atoms with Crippen molar-refractivity contribution in [3.8, 4) is 0 Å². The van der Waals surface area contributed by atoms with E-state index in [1.54, 1.807) is 24.4 Å². The summed E-state index contributed by atoms with van der Waals surface area (Å²) in [4.78, 5) is 4.10. The predicted molar refractivity (Wildman–Crippen MR) is 57.1 cm³/mol. The van der Waals surface area contributed by atoms with Gasteiger partial charge in [-0.25, -0.2) is 4.68 Å². The van der Waals surface area contributed by atoms with Gasteiger partial charge in [0.1, 0.15) is 5.49 Å². The average molecular weight is 190 g/mol. The molecule has 0 fully saturated rings. The fraction of sp³-hybridized carbons (Fsp3) is 0.200. The third-order valence-electron chi connectivity index (χ3n) is 1.73. The van der Waals surface area contributed by atoms with Gasteiger partial charge in [0, 0.05) is 6.20 Å². The average Bonchev–Trinajstić information content (AvgIpc) is 2.27. The van der Waals surface area contributed by atoms with E-state index in [0.29, 0.717) is 0 Å². The van der Waals surface area contributed by atoms with Crippen LogP contribution in [-0.4, -0.2) is 9.66 Å². The van der Waals surface area contributed by atoms with Crippen molar-refractivity contribution in [1.82, 2.24) is 9.66 Å². The number of rotatable bonds is 0. The number of nitrogens with one attached hydrogen (secondary N) is 1. The first-order valence-corrected chi connectivity index (χ1v) is 4.55. The first kappa shape index (κ1) is 10.2. The fourth-order valence-corrected chi connectivity index (χ4v) is 1.11. The Bertz CT molecular complexity index is 473. The van der Waals surface area contributed by atoms with E-state index in [4.69, 9.17) is 11.3 Å². The Hall–Kier alpha value is -1.84. The van der Waals surface area contributed by atoms with E-state index in [1.807, 2.05) is 19.9 Å². The zero-order valence-electron chi connectivity index (χ0n) is 8.36.